The molecule has 1 spiro atoms. The second-order valence-electron chi connectivity index (χ2n) is 6.85. The van der Waals surface area contributed by atoms with Crippen LogP contribution in [0.25, 0.3) is 0 Å². The smallest absolute Gasteiger partial charge is 0.325 e. The summed E-state index contributed by atoms with van der Waals surface area (Å²) in [6, 6.07) is 4.97. The van der Waals surface area contributed by atoms with Gasteiger partial charge in [0.05, 0.1) is 12.2 Å². The number of hydrogen-bond acceptors (Lipinski definition) is 4. The van der Waals surface area contributed by atoms with Gasteiger partial charge in [0.1, 0.15) is 12.1 Å². The summed E-state index contributed by atoms with van der Waals surface area (Å²) >= 11 is 0. The lowest BCUT2D eigenvalue weighted by Crippen LogP contribution is -2.50. The highest BCUT2D eigenvalue weighted by Crippen LogP contribution is 2.37. The first-order valence-corrected chi connectivity index (χ1v) is 8.85. The van der Waals surface area contributed by atoms with Crippen molar-refractivity contribution in [3.05, 3.63) is 30.1 Å². The molecule has 0 radical (unpaired) electrons. The molecule has 1 saturated heterocycles. The third-order valence-electron chi connectivity index (χ3n) is 5.28. The van der Waals surface area contributed by atoms with E-state index in [1.807, 2.05) is 6.07 Å². The molecule has 0 bridgehead atoms. The van der Waals surface area contributed by atoms with Gasteiger partial charge in [0.15, 0.2) is 0 Å². The van der Waals surface area contributed by atoms with Crippen molar-refractivity contribution in [3.8, 4) is 0 Å². The number of nitrogens with one attached hydrogen (secondary N) is 2. The molecule has 2 N–H and O–H groups in total. The summed E-state index contributed by atoms with van der Waals surface area (Å²) in [5, 5.41) is 5.54. The van der Waals surface area contributed by atoms with Crippen molar-refractivity contribution >= 4 is 17.8 Å². The van der Waals surface area contributed by atoms with Crippen LogP contribution in [0.2, 0.25) is 0 Å². The van der Waals surface area contributed by atoms with Crippen LogP contribution in [0.15, 0.2) is 24.4 Å². The lowest BCUT2D eigenvalue weighted by molar-refractivity contribution is -0.136. The predicted molar refractivity (Wildman–Crippen MR) is 91.3 cm³/mol. The average Bonchev–Trinajstić information content (AvgIpc) is 2.86. The normalized spacial score (nSPS) is 26.0. The molecule has 0 unspecified atom stereocenters. The minimum Gasteiger partial charge on any atom is -0.349 e. The molecule has 1 aromatic heterocycles. The quantitative estimate of drug-likeness (QED) is 0.794. The van der Waals surface area contributed by atoms with Crippen molar-refractivity contribution in [1.29, 1.82) is 0 Å². The zero-order valence-electron chi connectivity index (χ0n) is 14.5. The summed E-state index contributed by atoms with van der Waals surface area (Å²) < 4.78 is 0. The van der Waals surface area contributed by atoms with Crippen LogP contribution >= 0.6 is 0 Å². The Labute approximate surface area is 147 Å². The van der Waals surface area contributed by atoms with Crippen molar-refractivity contribution in [2.45, 2.75) is 51.1 Å². The van der Waals surface area contributed by atoms with Crippen LogP contribution in [0.5, 0.6) is 0 Å². The molecule has 134 valence electrons. The SMILES string of the molecule is CCC1CCC2(CC1)NC(=O)N(CC(=O)NCc1ccccn1)C2=O. The standard InChI is InChI=1S/C18H24N4O3/c1-2-13-6-8-18(9-7-13)16(24)22(17(25)21-18)12-15(23)20-11-14-5-3-4-10-19-14/h3-5,10,13H,2,6-9,11-12H2,1H3,(H,20,23)(H,21,25). The Morgan fingerprint density at radius 2 is 2.12 bits per heavy atom. The summed E-state index contributed by atoms with van der Waals surface area (Å²) in [7, 11) is 0. The molecule has 2 aliphatic rings. The Balaban J connectivity index is 1.56. The molecule has 2 heterocycles. The Morgan fingerprint density at radius 1 is 1.36 bits per heavy atom. The summed E-state index contributed by atoms with van der Waals surface area (Å²) in [6.07, 6.45) is 5.92. The zero-order chi connectivity index (χ0) is 17.9. The van der Waals surface area contributed by atoms with E-state index in [1.165, 1.54) is 0 Å². The molecule has 25 heavy (non-hydrogen) atoms. The van der Waals surface area contributed by atoms with E-state index in [4.69, 9.17) is 0 Å². The maximum absolute atomic E-state index is 12.7. The second kappa shape index (κ2) is 7.21. The Hall–Kier alpha value is -2.44. The Bertz CT molecular complexity index is 654. The van der Waals surface area contributed by atoms with E-state index < -0.39 is 11.6 Å². The molecule has 1 aliphatic heterocycles. The van der Waals surface area contributed by atoms with Gasteiger partial charge in [0.25, 0.3) is 5.91 Å². The number of carbonyl (C=O) groups excluding carboxylic acids is 3. The van der Waals surface area contributed by atoms with Gasteiger partial charge in [-0.3, -0.25) is 19.5 Å². The van der Waals surface area contributed by atoms with Gasteiger partial charge in [-0.2, -0.15) is 0 Å². The molecule has 2 fully saturated rings. The predicted octanol–water partition coefficient (Wildman–Crippen LogP) is 1.59. The third-order valence-corrected chi connectivity index (χ3v) is 5.28. The number of rotatable bonds is 5. The van der Waals surface area contributed by atoms with Crippen LogP contribution in [0, 0.1) is 5.92 Å². The number of pyridine rings is 1. The van der Waals surface area contributed by atoms with E-state index >= 15 is 0 Å². The van der Waals surface area contributed by atoms with E-state index in [2.05, 4.69) is 22.5 Å². The van der Waals surface area contributed by atoms with E-state index in [0.29, 0.717) is 18.8 Å². The van der Waals surface area contributed by atoms with Gasteiger partial charge in [0, 0.05) is 6.20 Å². The molecular formula is C18H24N4O3. The molecule has 1 saturated carbocycles. The first-order chi connectivity index (χ1) is 12.0. The third kappa shape index (κ3) is 3.65. The van der Waals surface area contributed by atoms with Gasteiger partial charge in [0.2, 0.25) is 5.91 Å². The van der Waals surface area contributed by atoms with Crippen LogP contribution in [-0.4, -0.2) is 39.8 Å². The van der Waals surface area contributed by atoms with E-state index in [9.17, 15) is 14.4 Å². The van der Waals surface area contributed by atoms with Gasteiger partial charge in [-0.05, 0) is 43.7 Å². The number of hydrogen-bond donors (Lipinski definition) is 2. The van der Waals surface area contributed by atoms with Gasteiger partial charge >= 0.3 is 6.03 Å². The highest BCUT2D eigenvalue weighted by Gasteiger charge is 2.52. The van der Waals surface area contributed by atoms with Crippen LogP contribution in [-0.2, 0) is 16.1 Å². The summed E-state index contributed by atoms with van der Waals surface area (Å²) in [6.45, 7) is 2.17. The molecule has 1 aliphatic carbocycles. The van der Waals surface area contributed by atoms with Gasteiger partial charge in [-0.15, -0.1) is 0 Å². The van der Waals surface area contributed by atoms with Crippen molar-refractivity contribution in [3.63, 3.8) is 0 Å². The lowest BCUT2D eigenvalue weighted by Gasteiger charge is -2.34. The second-order valence-corrected chi connectivity index (χ2v) is 6.85. The van der Waals surface area contributed by atoms with Crippen LogP contribution < -0.4 is 10.6 Å². The lowest BCUT2D eigenvalue weighted by atomic mass is 9.75. The van der Waals surface area contributed by atoms with Crippen LogP contribution in [0.3, 0.4) is 0 Å². The summed E-state index contributed by atoms with van der Waals surface area (Å²) in [4.78, 5) is 42.3. The number of urea groups is 1. The number of nitrogens with zero attached hydrogens (tertiary/aromatic N) is 2. The molecule has 7 heteroatoms. The maximum Gasteiger partial charge on any atom is 0.325 e. The van der Waals surface area contributed by atoms with Gasteiger partial charge in [-0.25, -0.2) is 4.79 Å². The van der Waals surface area contributed by atoms with Crippen LogP contribution in [0.4, 0.5) is 4.79 Å². The monoisotopic (exact) mass is 344 g/mol. The Kier molecular flexibility index (Phi) is 5.01. The van der Waals surface area contributed by atoms with Crippen molar-refractivity contribution in [1.82, 2.24) is 20.5 Å². The number of carbonyl (C=O) groups is 3. The average molecular weight is 344 g/mol. The number of amides is 4. The summed E-state index contributed by atoms with van der Waals surface area (Å²) in [5.41, 5.74) is -0.0771. The maximum atomic E-state index is 12.7. The van der Waals surface area contributed by atoms with E-state index in [0.717, 1.165) is 29.9 Å². The first kappa shape index (κ1) is 17.4. The molecule has 4 amide bonds. The summed E-state index contributed by atoms with van der Waals surface area (Å²) in [5.74, 6) is -0.0143. The molecule has 0 atom stereocenters. The van der Waals surface area contributed by atoms with E-state index in [-0.39, 0.29) is 24.9 Å². The van der Waals surface area contributed by atoms with E-state index in [1.54, 1.807) is 18.3 Å². The van der Waals surface area contributed by atoms with Crippen molar-refractivity contribution in [2.24, 2.45) is 5.92 Å². The minimum absolute atomic E-state index is 0.254. The fourth-order valence-corrected chi connectivity index (χ4v) is 3.63. The highest BCUT2D eigenvalue weighted by atomic mass is 16.2. The van der Waals surface area contributed by atoms with Gasteiger partial charge in [-0.1, -0.05) is 19.4 Å². The fraction of sp³-hybridized carbons (Fsp3) is 0.556. The molecule has 7 nitrogen and oxygen atoms in total. The Morgan fingerprint density at radius 3 is 2.76 bits per heavy atom. The molecular weight excluding hydrogens is 320 g/mol. The molecule has 1 aromatic rings. The van der Waals surface area contributed by atoms with Gasteiger partial charge < -0.3 is 10.6 Å². The minimum atomic E-state index is -0.802. The molecule has 0 aromatic carbocycles. The van der Waals surface area contributed by atoms with Crippen LogP contribution in [0.1, 0.15) is 44.7 Å². The number of aromatic nitrogens is 1. The topological polar surface area (TPSA) is 91.4 Å². The van der Waals surface area contributed by atoms with Crippen molar-refractivity contribution in [2.75, 3.05) is 6.54 Å². The van der Waals surface area contributed by atoms with Crippen molar-refractivity contribution < 1.29 is 14.4 Å². The molecule has 3 rings (SSSR count). The number of imide groups is 1. The zero-order valence-corrected chi connectivity index (χ0v) is 14.5. The first-order valence-electron chi connectivity index (χ1n) is 8.85. The fourth-order valence-electron chi connectivity index (χ4n) is 3.63. The largest absolute Gasteiger partial charge is 0.349 e. The highest BCUT2D eigenvalue weighted by molar-refractivity contribution is 6.09.